The van der Waals surface area contributed by atoms with Crippen molar-refractivity contribution >= 4 is 29.0 Å². The van der Waals surface area contributed by atoms with Crippen LogP contribution < -0.4 is 15.0 Å². The number of allylic oxidation sites excluding steroid dienone is 2. The van der Waals surface area contributed by atoms with Gasteiger partial charge in [0.25, 0.3) is 0 Å². The number of hydrogen-bond acceptors (Lipinski definition) is 6. The highest BCUT2D eigenvalue weighted by atomic mass is 19.4. The lowest BCUT2D eigenvalue weighted by Crippen LogP contribution is -2.60. The molecule has 0 bridgehead atoms. The summed E-state index contributed by atoms with van der Waals surface area (Å²) >= 11 is 0. The first kappa shape index (κ1) is 27.6. The molecule has 2 aliphatic rings. The molecule has 0 saturated carbocycles. The summed E-state index contributed by atoms with van der Waals surface area (Å²) in [5.74, 6) is -0.258. The highest BCUT2D eigenvalue weighted by molar-refractivity contribution is 5.87. The molecule has 7 nitrogen and oxygen atoms in total. The maximum atomic E-state index is 13.3. The summed E-state index contributed by atoms with van der Waals surface area (Å²) in [4.78, 5) is 6.62. The third-order valence-corrected chi connectivity index (χ3v) is 6.73. The zero-order chi connectivity index (χ0) is 27.5. The molecular weight excluding hydrogens is 504 g/mol. The molecule has 204 valence electrons. The van der Waals surface area contributed by atoms with Gasteiger partial charge in [0.1, 0.15) is 17.5 Å². The van der Waals surface area contributed by atoms with Crippen LogP contribution in [-0.2, 0) is 0 Å². The van der Waals surface area contributed by atoms with E-state index in [9.17, 15) is 27.8 Å². The largest absolute Gasteiger partial charge is 0.573 e. The maximum Gasteiger partial charge on any atom is 0.573 e. The van der Waals surface area contributed by atoms with Crippen molar-refractivity contribution in [3.05, 3.63) is 60.6 Å². The topological polar surface area (TPSA) is 80.9 Å². The third kappa shape index (κ3) is 6.16. The molecule has 0 unspecified atom stereocenters. The van der Waals surface area contributed by atoms with Gasteiger partial charge < -0.3 is 25.2 Å². The number of nitrogens with one attached hydrogen (secondary N) is 1. The van der Waals surface area contributed by atoms with Crippen LogP contribution in [0.2, 0.25) is 0 Å². The predicted octanol–water partition coefficient (Wildman–Crippen LogP) is 4.50. The maximum absolute atomic E-state index is 13.3. The summed E-state index contributed by atoms with van der Waals surface area (Å²) < 4.78 is 56.8. The van der Waals surface area contributed by atoms with Crippen LogP contribution in [0.15, 0.2) is 55.0 Å². The van der Waals surface area contributed by atoms with E-state index in [1.54, 1.807) is 6.20 Å². The van der Waals surface area contributed by atoms with E-state index in [0.717, 1.165) is 23.2 Å². The Morgan fingerprint density at radius 2 is 1.87 bits per heavy atom. The Kier molecular flexibility index (Phi) is 8.08. The Morgan fingerprint density at radius 3 is 2.42 bits per heavy atom. The molecule has 2 aliphatic heterocycles. The monoisotopic (exact) mass is 535 g/mol. The molecule has 0 aliphatic carbocycles. The number of aliphatic hydroxyl groups excluding tert-OH is 2. The number of alkyl halides is 3. The lowest BCUT2D eigenvalue weighted by atomic mass is 9.79. The fourth-order valence-corrected chi connectivity index (χ4v) is 4.86. The summed E-state index contributed by atoms with van der Waals surface area (Å²) in [6.45, 7) is 7.10. The minimum Gasteiger partial charge on any atom is -0.406 e. The van der Waals surface area contributed by atoms with E-state index in [-0.39, 0.29) is 24.9 Å². The second-order valence-corrected chi connectivity index (χ2v) is 9.72. The minimum atomic E-state index is -4.78. The highest BCUT2D eigenvalue weighted by Crippen LogP contribution is 2.44. The van der Waals surface area contributed by atoms with Gasteiger partial charge in [0.15, 0.2) is 25.1 Å². The number of halogens is 4. The van der Waals surface area contributed by atoms with Crippen LogP contribution >= 0.6 is 0 Å². The summed E-state index contributed by atoms with van der Waals surface area (Å²) in [7, 11) is 0. The van der Waals surface area contributed by atoms with Crippen LogP contribution in [0.4, 0.5) is 34.8 Å². The number of benzene rings is 1. The molecule has 11 heteroatoms. The number of aliphatic hydroxyl groups is 2. The van der Waals surface area contributed by atoms with Gasteiger partial charge in [0.2, 0.25) is 0 Å². The minimum absolute atomic E-state index is 0.0818. The first-order valence-corrected chi connectivity index (χ1v) is 12.3. The summed E-state index contributed by atoms with van der Waals surface area (Å²) in [5, 5.41) is 22.8. The van der Waals surface area contributed by atoms with Gasteiger partial charge in [-0.25, -0.2) is 13.9 Å². The van der Waals surface area contributed by atoms with Crippen molar-refractivity contribution in [2.24, 2.45) is 11.3 Å². The fraction of sp³-hybridized carbons (Fsp3) is 0.407. The van der Waals surface area contributed by atoms with Crippen molar-refractivity contribution in [3.8, 4) is 5.75 Å². The number of pyridine rings is 1. The zero-order valence-electron chi connectivity index (χ0n) is 21.0. The third-order valence-electron chi connectivity index (χ3n) is 6.73. The van der Waals surface area contributed by atoms with Gasteiger partial charge in [-0.15, -0.1) is 13.2 Å². The number of nitrogens with zero attached hydrogens (tertiary/aromatic N) is 3. The van der Waals surface area contributed by atoms with Crippen LogP contribution in [-0.4, -0.2) is 71.7 Å². The van der Waals surface area contributed by atoms with E-state index < -0.39 is 17.6 Å². The molecule has 1 aromatic heterocycles. The Balaban J connectivity index is 1.69. The molecule has 0 amide bonds. The molecule has 4 rings (SSSR count). The van der Waals surface area contributed by atoms with Crippen LogP contribution in [0.3, 0.4) is 0 Å². The molecule has 3 heterocycles. The molecule has 38 heavy (non-hydrogen) atoms. The standard InChI is InChI=1S/C27H31F4N4O3/c1-3-4-22(19-12-34(13-19)11-18(2)28)24-23(35-14-26(15-35,16-36)17-37)9-10-32-25(24)33-20-5-7-21(8-6-20)38-27(29,30)31/h4-11,19,36-37H,2-3,12-17H2,1H3,(H,32,33)/q+1/b22-4+,34-11?. The van der Waals surface area contributed by atoms with Gasteiger partial charge in [-0.1, -0.05) is 19.6 Å². The van der Waals surface area contributed by atoms with Crippen molar-refractivity contribution in [3.63, 3.8) is 0 Å². The second kappa shape index (κ2) is 11.1. The van der Waals surface area contributed by atoms with Crippen LogP contribution in [0, 0.1) is 11.3 Å². The number of rotatable bonds is 10. The van der Waals surface area contributed by atoms with Crippen molar-refractivity contribution < 1.29 is 37.1 Å². The van der Waals surface area contributed by atoms with E-state index in [1.807, 2.05) is 17.6 Å². The Labute approximate surface area is 218 Å². The normalized spacial score (nSPS) is 18.9. The molecule has 1 aromatic carbocycles. The van der Waals surface area contributed by atoms with Crippen molar-refractivity contribution in [2.75, 3.05) is 49.6 Å². The fourth-order valence-electron chi connectivity index (χ4n) is 4.86. The van der Waals surface area contributed by atoms with Crippen LogP contribution in [0.5, 0.6) is 5.75 Å². The lowest BCUT2D eigenvalue weighted by molar-refractivity contribution is -0.593. The Bertz CT molecular complexity index is 1210. The number of aromatic nitrogens is 1. The van der Waals surface area contributed by atoms with Crippen molar-refractivity contribution in [1.82, 2.24) is 4.98 Å². The van der Waals surface area contributed by atoms with E-state index >= 15 is 0 Å². The molecular formula is C27H31F4N4O3+. The predicted molar refractivity (Wildman–Crippen MR) is 138 cm³/mol. The molecule has 0 radical (unpaired) electrons. The Hall–Kier alpha value is -3.44. The summed E-state index contributed by atoms with van der Waals surface area (Å²) in [6.07, 6.45) is 1.07. The van der Waals surface area contributed by atoms with Gasteiger partial charge >= 0.3 is 6.36 Å². The quantitative estimate of drug-likeness (QED) is 0.307. The average molecular weight is 536 g/mol. The average Bonchev–Trinajstić information content (AvgIpc) is 2.80. The lowest BCUT2D eigenvalue weighted by Gasteiger charge is -2.50. The second-order valence-electron chi connectivity index (χ2n) is 9.72. The van der Waals surface area contributed by atoms with Gasteiger partial charge in [-0.3, -0.25) is 0 Å². The van der Waals surface area contributed by atoms with Gasteiger partial charge in [-0.2, -0.15) is 0 Å². The first-order valence-electron chi connectivity index (χ1n) is 12.3. The molecule has 2 fully saturated rings. The van der Waals surface area contributed by atoms with Gasteiger partial charge in [0, 0.05) is 36.2 Å². The van der Waals surface area contributed by atoms with Gasteiger partial charge in [0.05, 0.1) is 18.6 Å². The molecule has 0 atom stereocenters. The molecule has 0 spiro atoms. The van der Waals surface area contributed by atoms with Crippen molar-refractivity contribution in [1.29, 1.82) is 0 Å². The van der Waals surface area contributed by atoms with Crippen LogP contribution in [0.1, 0.15) is 18.9 Å². The molecule has 2 saturated heterocycles. The van der Waals surface area contributed by atoms with E-state index in [0.29, 0.717) is 37.7 Å². The molecule has 3 N–H and O–H groups in total. The smallest absolute Gasteiger partial charge is 0.406 e. The van der Waals surface area contributed by atoms with E-state index in [1.165, 1.54) is 30.5 Å². The number of anilines is 3. The SMILES string of the molecule is C=C(F)C=[N+]1CC(/C(=C\CC)c2c(N3CC(CO)(CO)C3)ccnc2Nc2ccc(OC(F)(F)F)cc2)C1. The van der Waals surface area contributed by atoms with Gasteiger partial charge in [-0.05, 0) is 42.3 Å². The highest BCUT2D eigenvalue weighted by Gasteiger charge is 2.44. The summed E-state index contributed by atoms with van der Waals surface area (Å²) in [5.41, 5.74) is 2.60. The van der Waals surface area contributed by atoms with E-state index in [2.05, 4.69) is 32.6 Å². The molecule has 2 aromatic rings. The van der Waals surface area contributed by atoms with Crippen molar-refractivity contribution in [2.45, 2.75) is 19.7 Å². The number of hydrogen-bond donors (Lipinski definition) is 3. The van der Waals surface area contributed by atoms with Crippen LogP contribution in [0.25, 0.3) is 5.57 Å². The van der Waals surface area contributed by atoms with E-state index in [4.69, 9.17) is 0 Å². The number of ether oxygens (including phenoxy) is 1. The summed E-state index contributed by atoms with van der Waals surface area (Å²) in [6, 6.07) is 7.26. The Morgan fingerprint density at radius 1 is 1.21 bits per heavy atom. The first-order chi connectivity index (χ1) is 18.1. The zero-order valence-corrected chi connectivity index (χ0v) is 21.0.